The number of H-pyrrole nitrogens is 1. The molecule has 1 aromatic heterocycles. The van der Waals surface area contributed by atoms with Gasteiger partial charge in [0.25, 0.3) is 5.56 Å². The Bertz CT molecular complexity index is 796. The number of aromatic amines is 1. The molecule has 0 spiro atoms. The molecular weight excluding hydrogens is 312 g/mol. The highest BCUT2D eigenvalue weighted by molar-refractivity contribution is 5.91. The molecule has 0 saturated carbocycles. The number of benzene rings is 1. The van der Waals surface area contributed by atoms with E-state index in [-0.39, 0.29) is 0 Å². The topological polar surface area (TPSA) is 103 Å². The molecule has 0 atom stereocenters. The van der Waals surface area contributed by atoms with E-state index in [9.17, 15) is 14.7 Å². The smallest absolute Gasteiger partial charge is 0.345 e. The Kier molecular flexibility index (Phi) is 5.25. The van der Waals surface area contributed by atoms with Crippen LogP contribution < -0.4 is 10.6 Å². The van der Waals surface area contributed by atoms with Crippen molar-refractivity contribution in [3.63, 3.8) is 0 Å². The Morgan fingerprint density at radius 2 is 1.88 bits per heavy atom. The number of carboxylic acid groups (broad SMARTS) is 1. The number of carboxylic acids is 1. The van der Waals surface area contributed by atoms with Crippen molar-refractivity contribution in [1.29, 1.82) is 0 Å². The van der Waals surface area contributed by atoms with Crippen LogP contribution in [0.25, 0.3) is 11.3 Å². The summed E-state index contributed by atoms with van der Waals surface area (Å²) < 4.78 is 0. The van der Waals surface area contributed by atoms with E-state index in [1.165, 1.54) is 0 Å². The van der Waals surface area contributed by atoms with Crippen LogP contribution in [0.5, 0.6) is 5.75 Å². The van der Waals surface area contributed by atoms with Crippen LogP contribution in [-0.4, -0.2) is 34.8 Å². The molecule has 1 heterocycles. The number of carbonyl (C=O) groups is 1. The molecule has 0 radical (unpaired) electrons. The maximum absolute atomic E-state index is 12.0. The van der Waals surface area contributed by atoms with Crippen LogP contribution in [0.15, 0.2) is 29.1 Å². The van der Waals surface area contributed by atoms with E-state index in [0.717, 1.165) is 5.69 Å². The first-order chi connectivity index (χ1) is 11.4. The first-order valence-corrected chi connectivity index (χ1v) is 7.59. The molecule has 24 heavy (non-hydrogen) atoms. The lowest BCUT2D eigenvalue weighted by molar-refractivity contribution is 0.0691. The third-order valence-electron chi connectivity index (χ3n) is 3.70. The van der Waals surface area contributed by atoms with Gasteiger partial charge < -0.3 is 15.2 Å². The minimum absolute atomic E-state index is 0.374. The van der Waals surface area contributed by atoms with Gasteiger partial charge in [-0.2, -0.15) is 0 Å². The number of nitrogens with one attached hydrogen (secondary N) is 1. The Labute approximate surface area is 139 Å². The van der Waals surface area contributed by atoms with Crippen LogP contribution in [0.2, 0.25) is 0 Å². The fourth-order valence-electron chi connectivity index (χ4n) is 2.52. The van der Waals surface area contributed by atoms with Gasteiger partial charge in [-0.3, -0.25) is 14.7 Å². The van der Waals surface area contributed by atoms with E-state index in [1.54, 1.807) is 31.2 Å². The number of aromatic nitrogens is 1. The van der Waals surface area contributed by atoms with E-state index in [1.807, 2.05) is 19.1 Å². The summed E-state index contributed by atoms with van der Waals surface area (Å²) in [7, 11) is 1.78. The molecule has 0 unspecified atom stereocenters. The van der Waals surface area contributed by atoms with E-state index < -0.39 is 22.8 Å². The van der Waals surface area contributed by atoms with Gasteiger partial charge >= 0.3 is 5.97 Å². The highest BCUT2D eigenvalue weighted by Gasteiger charge is 2.21. The largest absolute Gasteiger partial charge is 0.506 e. The summed E-state index contributed by atoms with van der Waals surface area (Å²) in [5, 5.41) is 20.9. The molecule has 2 rings (SSSR count). The second kappa shape index (κ2) is 7.18. The molecule has 1 aromatic carbocycles. The summed E-state index contributed by atoms with van der Waals surface area (Å²) >= 11 is 0. The fourth-order valence-corrected chi connectivity index (χ4v) is 2.52. The number of pyridine rings is 1. The summed E-state index contributed by atoms with van der Waals surface area (Å²) in [5.41, 5.74) is 0.830. The number of nitrogens with zero attached hydrogens (tertiary/aromatic N) is 1. The maximum atomic E-state index is 12.0. The lowest BCUT2D eigenvalue weighted by Crippen LogP contribution is -2.20. The summed E-state index contributed by atoms with van der Waals surface area (Å²) in [6.45, 7) is 4.20. The molecular formula is C17H20N2O5. The number of hydroxylamine groups is 1. The van der Waals surface area contributed by atoms with Gasteiger partial charge in [0.1, 0.15) is 5.75 Å². The predicted molar refractivity (Wildman–Crippen MR) is 90.5 cm³/mol. The molecule has 0 fully saturated rings. The lowest BCUT2D eigenvalue weighted by atomic mass is 10.0. The quantitative estimate of drug-likeness (QED) is 0.702. The maximum Gasteiger partial charge on any atom is 0.345 e. The monoisotopic (exact) mass is 332 g/mol. The van der Waals surface area contributed by atoms with Crippen molar-refractivity contribution in [3.8, 4) is 17.0 Å². The Balaban J connectivity index is 2.53. The van der Waals surface area contributed by atoms with Crippen molar-refractivity contribution < 1.29 is 19.8 Å². The van der Waals surface area contributed by atoms with Crippen molar-refractivity contribution in [2.75, 3.05) is 18.7 Å². The van der Waals surface area contributed by atoms with Crippen LogP contribution in [-0.2, 0) is 11.3 Å². The van der Waals surface area contributed by atoms with Gasteiger partial charge in [0.05, 0.1) is 18.0 Å². The zero-order valence-corrected chi connectivity index (χ0v) is 13.8. The summed E-state index contributed by atoms with van der Waals surface area (Å²) in [5.74, 6) is -1.94. The van der Waals surface area contributed by atoms with Gasteiger partial charge in [-0.1, -0.05) is 19.1 Å². The molecule has 0 aliphatic rings. The van der Waals surface area contributed by atoms with E-state index in [0.29, 0.717) is 29.8 Å². The number of rotatable bonds is 6. The highest BCUT2D eigenvalue weighted by Crippen LogP contribution is 2.30. The van der Waals surface area contributed by atoms with Crippen LogP contribution in [0.3, 0.4) is 0 Å². The number of hydrogen-bond donors (Lipinski definition) is 3. The van der Waals surface area contributed by atoms with Crippen molar-refractivity contribution in [3.05, 3.63) is 45.7 Å². The number of anilines is 1. The third-order valence-corrected chi connectivity index (χ3v) is 3.70. The number of hydrogen-bond acceptors (Lipinski definition) is 5. The van der Waals surface area contributed by atoms with Crippen molar-refractivity contribution >= 4 is 11.7 Å². The minimum Gasteiger partial charge on any atom is -0.506 e. The molecule has 0 saturated heterocycles. The van der Waals surface area contributed by atoms with Crippen LogP contribution in [0, 0.1) is 0 Å². The zero-order chi connectivity index (χ0) is 17.9. The lowest BCUT2D eigenvalue weighted by Gasteiger charge is -2.18. The molecule has 7 heteroatoms. The Morgan fingerprint density at radius 3 is 2.38 bits per heavy atom. The summed E-state index contributed by atoms with van der Waals surface area (Å²) in [6.07, 6.45) is 0.374. The van der Waals surface area contributed by atoms with Crippen molar-refractivity contribution in [2.24, 2.45) is 0 Å². The third kappa shape index (κ3) is 3.26. The van der Waals surface area contributed by atoms with Crippen molar-refractivity contribution in [2.45, 2.75) is 20.3 Å². The normalized spacial score (nSPS) is 10.6. The molecule has 0 aliphatic carbocycles. The summed E-state index contributed by atoms with van der Waals surface area (Å²) in [4.78, 5) is 31.1. The number of aromatic hydroxyl groups is 1. The van der Waals surface area contributed by atoms with E-state index >= 15 is 0 Å². The molecule has 0 amide bonds. The molecule has 7 nitrogen and oxygen atoms in total. The highest BCUT2D eigenvalue weighted by atomic mass is 16.7. The minimum atomic E-state index is -1.45. The second-order valence-electron chi connectivity index (χ2n) is 5.15. The zero-order valence-electron chi connectivity index (χ0n) is 13.8. The van der Waals surface area contributed by atoms with Gasteiger partial charge in [0.2, 0.25) is 0 Å². The molecule has 128 valence electrons. The molecule has 3 N–H and O–H groups in total. The van der Waals surface area contributed by atoms with Crippen LogP contribution in [0.1, 0.15) is 29.8 Å². The Morgan fingerprint density at radius 1 is 1.25 bits per heavy atom. The standard InChI is InChI=1S/C17H20N2O5/c1-4-12-14(18-16(21)13(15(12)20)17(22)23)10-6-8-11(9-7-10)19(3)24-5-2/h6-9H,4-5H2,1-3H3,(H,22,23)(H2,18,20,21). The van der Waals surface area contributed by atoms with Gasteiger partial charge in [-0.05, 0) is 31.0 Å². The van der Waals surface area contributed by atoms with Crippen LogP contribution >= 0.6 is 0 Å². The van der Waals surface area contributed by atoms with Gasteiger partial charge in [0, 0.05) is 12.6 Å². The Hall–Kier alpha value is -2.80. The second-order valence-corrected chi connectivity index (χ2v) is 5.15. The van der Waals surface area contributed by atoms with Gasteiger partial charge in [-0.25, -0.2) is 4.79 Å². The average molecular weight is 332 g/mol. The number of aromatic carboxylic acids is 1. The van der Waals surface area contributed by atoms with Crippen LogP contribution in [0.4, 0.5) is 5.69 Å². The van der Waals surface area contributed by atoms with Gasteiger partial charge in [-0.15, -0.1) is 0 Å². The molecule has 2 aromatic rings. The molecule has 0 bridgehead atoms. The summed E-state index contributed by atoms with van der Waals surface area (Å²) in [6, 6.07) is 7.17. The van der Waals surface area contributed by atoms with Crippen molar-refractivity contribution in [1.82, 2.24) is 4.98 Å². The first kappa shape index (κ1) is 17.6. The van der Waals surface area contributed by atoms with E-state index in [4.69, 9.17) is 9.94 Å². The van der Waals surface area contributed by atoms with Gasteiger partial charge in [0.15, 0.2) is 5.56 Å². The predicted octanol–water partition coefficient (Wildman–Crippen LogP) is 2.40. The first-order valence-electron chi connectivity index (χ1n) is 7.59. The average Bonchev–Trinajstić information content (AvgIpc) is 2.54. The van der Waals surface area contributed by atoms with E-state index in [2.05, 4.69) is 4.98 Å². The SMILES string of the molecule is CCON(C)c1ccc(-c2[nH]c(=O)c(C(=O)O)c(O)c2CC)cc1. The fraction of sp³-hybridized carbons (Fsp3) is 0.294. The molecule has 0 aliphatic heterocycles.